The van der Waals surface area contributed by atoms with E-state index >= 15 is 0 Å². The van der Waals surface area contributed by atoms with Gasteiger partial charge in [0.25, 0.3) is 0 Å². The minimum atomic E-state index is -0.336. The van der Waals surface area contributed by atoms with E-state index in [0.29, 0.717) is 37.0 Å². The molecule has 6 rings (SSSR count). The number of carbonyl (C=O) groups excluding carboxylic acids is 1. The van der Waals surface area contributed by atoms with Gasteiger partial charge in [-0.2, -0.15) is 5.10 Å². The minimum Gasteiger partial charge on any atom is -0.383 e. The molecule has 254 valence electrons. The molecular weight excluding hydrogens is 615 g/mol. The number of fused-ring (bicyclic) bond motifs is 3. The molecule has 0 amide bonds. The van der Waals surface area contributed by atoms with Crippen LogP contribution in [0.25, 0.3) is 0 Å². The van der Waals surface area contributed by atoms with Gasteiger partial charge in [0.15, 0.2) is 0 Å². The van der Waals surface area contributed by atoms with Crippen molar-refractivity contribution in [2.45, 2.75) is 70.7 Å². The van der Waals surface area contributed by atoms with Gasteiger partial charge in [0.2, 0.25) is 5.96 Å². The van der Waals surface area contributed by atoms with Crippen LogP contribution < -0.4 is 16.0 Å². The molecule has 9 heteroatoms. The van der Waals surface area contributed by atoms with Crippen molar-refractivity contribution in [3.63, 3.8) is 0 Å². The number of hydrogen-bond donors (Lipinski definition) is 4. The Kier molecular flexibility index (Phi) is 12.3. The molecule has 3 fully saturated rings. The Hall–Kier alpha value is -4.33. The SMILES string of the molecule is C=C/C(=N\C1=NN=CC(S)N1CC(=C)NCC1=C=CC(CNC2=CC(=C)C2=C)=CC=C1)C(=C)NC(C)C12CCC(C=O)(CC1)CC2.CC. The van der Waals surface area contributed by atoms with E-state index in [9.17, 15) is 4.79 Å². The monoisotopic (exact) mass is 665 g/mol. The smallest absolute Gasteiger partial charge is 0.247 e. The largest absolute Gasteiger partial charge is 0.383 e. The van der Waals surface area contributed by atoms with Crippen molar-refractivity contribution in [1.82, 2.24) is 20.9 Å². The molecule has 5 aliphatic carbocycles. The Morgan fingerprint density at radius 1 is 1.19 bits per heavy atom. The van der Waals surface area contributed by atoms with E-state index < -0.39 is 0 Å². The number of allylic oxidation sites excluding steroid dienone is 5. The molecule has 2 bridgehead atoms. The summed E-state index contributed by atoms with van der Waals surface area (Å²) in [5.74, 6) is 0.405. The number of hydrogen-bond acceptors (Lipinski definition) is 9. The molecule has 0 aromatic rings. The summed E-state index contributed by atoms with van der Waals surface area (Å²) >= 11 is 4.72. The van der Waals surface area contributed by atoms with Crippen molar-refractivity contribution in [2.24, 2.45) is 26.0 Å². The average molecular weight is 666 g/mol. The predicted molar refractivity (Wildman–Crippen MR) is 205 cm³/mol. The van der Waals surface area contributed by atoms with E-state index in [0.717, 1.165) is 72.2 Å². The highest BCUT2D eigenvalue weighted by molar-refractivity contribution is 7.81. The Morgan fingerprint density at radius 2 is 1.90 bits per heavy atom. The topological polar surface area (TPSA) is 93.5 Å². The van der Waals surface area contributed by atoms with Crippen molar-refractivity contribution < 1.29 is 4.79 Å². The van der Waals surface area contributed by atoms with Gasteiger partial charge in [-0.15, -0.1) is 23.5 Å². The van der Waals surface area contributed by atoms with Crippen LogP contribution in [0.3, 0.4) is 0 Å². The highest BCUT2D eigenvalue weighted by Gasteiger charge is 2.51. The second kappa shape index (κ2) is 16.2. The van der Waals surface area contributed by atoms with E-state index in [2.05, 4.69) is 77.8 Å². The van der Waals surface area contributed by atoms with Crippen LogP contribution in [0.15, 0.2) is 130 Å². The number of nitrogens with one attached hydrogen (secondary N) is 3. The lowest BCUT2D eigenvalue weighted by atomic mass is 9.52. The summed E-state index contributed by atoms with van der Waals surface area (Å²) in [5.41, 5.74) is 10.6. The molecule has 1 heterocycles. The normalized spacial score (nSPS) is 26.4. The first-order chi connectivity index (χ1) is 23.1. The van der Waals surface area contributed by atoms with Crippen LogP contribution in [-0.4, -0.2) is 60.1 Å². The minimum absolute atomic E-state index is 0.101. The van der Waals surface area contributed by atoms with Gasteiger partial charge in [0, 0.05) is 41.5 Å². The van der Waals surface area contributed by atoms with Crippen molar-refractivity contribution >= 4 is 36.8 Å². The highest BCUT2D eigenvalue weighted by atomic mass is 32.1. The maximum Gasteiger partial charge on any atom is 0.247 e. The van der Waals surface area contributed by atoms with Gasteiger partial charge >= 0.3 is 0 Å². The molecule has 0 spiro atoms. The molecule has 8 nitrogen and oxygen atoms in total. The number of guanidine groups is 1. The first-order valence-electron chi connectivity index (χ1n) is 16.8. The maximum atomic E-state index is 11.7. The summed E-state index contributed by atoms with van der Waals surface area (Å²) in [7, 11) is 0. The van der Waals surface area contributed by atoms with Gasteiger partial charge in [-0.25, -0.2) is 4.99 Å². The van der Waals surface area contributed by atoms with E-state index in [1.54, 1.807) is 12.3 Å². The van der Waals surface area contributed by atoms with Crippen molar-refractivity contribution in [3.8, 4) is 0 Å². The molecule has 3 saturated carbocycles. The standard InChI is InChI=1S/C37H45N7OS.C2H6/c1-7-32(28(5)41-29(6)37-16-13-36(24-45,14-17-37)15-18-37)42-35-43-40-22-34(46)44(35)23-26(3)38-20-30-9-8-10-31(12-11-30)21-39-33-19-25(2)27(33)4;1-2/h7-10,12,19,22,24,29,34,38-39,41,46H,1-5,13-18,20-21,23H2,6H3;1-2H3/b42-32+;. The molecule has 0 aromatic carbocycles. The van der Waals surface area contributed by atoms with Crippen LogP contribution in [0.5, 0.6) is 0 Å². The second-order valence-corrected chi connectivity index (χ2v) is 13.4. The number of aliphatic imine (C=N–C) groups is 1. The number of nitrogens with zero attached hydrogens (tertiary/aromatic N) is 4. The fourth-order valence-electron chi connectivity index (χ4n) is 6.62. The summed E-state index contributed by atoms with van der Waals surface area (Å²) in [6.07, 6.45) is 20.7. The Bertz CT molecular complexity index is 1570. The average Bonchev–Trinajstić information content (AvgIpc) is 3.35. The van der Waals surface area contributed by atoms with Crippen molar-refractivity contribution in [1.29, 1.82) is 0 Å². The van der Waals surface area contributed by atoms with Crippen LogP contribution in [0.1, 0.15) is 59.3 Å². The molecular formula is C39H51N7OS. The zero-order valence-corrected chi connectivity index (χ0v) is 29.7. The predicted octanol–water partition coefficient (Wildman–Crippen LogP) is 6.86. The molecule has 48 heavy (non-hydrogen) atoms. The Morgan fingerprint density at radius 3 is 2.52 bits per heavy atom. The lowest BCUT2D eigenvalue weighted by Crippen LogP contribution is -2.52. The lowest BCUT2D eigenvalue weighted by Gasteiger charge is -2.54. The summed E-state index contributed by atoms with van der Waals surface area (Å²) < 4.78 is 0. The Labute approximate surface area is 292 Å². The quantitative estimate of drug-likeness (QED) is 0.0704. The number of thiol groups is 1. The number of rotatable bonds is 14. The summed E-state index contributed by atoms with van der Waals surface area (Å²) in [6, 6.07) is 0.184. The third kappa shape index (κ3) is 8.38. The van der Waals surface area contributed by atoms with Crippen molar-refractivity contribution in [2.75, 3.05) is 19.6 Å². The Balaban J connectivity index is 0.00000255. The zero-order valence-electron chi connectivity index (χ0n) is 28.8. The van der Waals surface area contributed by atoms with Crippen LogP contribution in [0, 0.1) is 10.8 Å². The first-order valence-corrected chi connectivity index (χ1v) is 17.4. The van der Waals surface area contributed by atoms with Crippen molar-refractivity contribution in [3.05, 3.63) is 114 Å². The fraction of sp³-hybridized carbons (Fsp3) is 0.410. The van der Waals surface area contributed by atoms with Gasteiger partial charge in [0.1, 0.15) is 11.7 Å². The highest BCUT2D eigenvalue weighted by Crippen LogP contribution is 2.57. The lowest BCUT2D eigenvalue weighted by molar-refractivity contribution is -0.125. The molecule has 0 radical (unpaired) electrons. The van der Waals surface area contributed by atoms with Crippen LogP contribution in [0.4, 0.5) is 0 Å². The van der Waals surface area contributed by atoms with E-state index in [1.165, 1.54) is 6.29 Å². The molecule has 6 aliphatic rings. The maximum absolute atomic E-state index is 11.7. The van der Waals surface area contributed by atoms with Crippen LogP contribution >= 0.6 is 12.6 Å². The third-order valence-corrected chi connectivity index (χ3v) is 10.4. The van der Waals surface area contributed by atoms with Gasteiger partial charge < -0.3 is 25.6 Å². The van der Waals surface area contributed by atoms with Gasteiger partial charge in [-0.1, -0.05) is 58.9 Å². The molecule has 0 aromatic heterocycles. The van der Waals surface area contributed by atoms with Gasteiger partial charge in [0.05, 0.1) is 24.2 Å². The summed E-state index contributed by atoms with van der Waals surface area (Å²) in [5, 5.41) is 18.5. The van der Waals surface area contributed by atoms with E-state index in [4.69, 9.17) is 17.6 Å². The van der Waals surface area contributed by atoms with Gasteiger partial charge in [-0.05, 0) is 91.9 Å². The number of carbonyl (C=O) groups is 1. The van der Waals surface area contributed by atoms with E-state index in [1.807, 2.05) is 43.1 Å². The number of aldehydes is 1. The fourth-order valence-corrected chi connectivity index (χ4v) is 6.87. The second-order valence-electron chi connectivity index (χ2n) is 12.9. The van der Waals surface area contributed by atoms with Crippen LogP contribution in [0.2, 0.25) is 0 Å². The third-order valence-electron chi connectivity index (χ3n) is 10.0. The molecule has 0 saturated heterocycles. The van der Waals surface area contributed by atoms with E-state index in [-0.39, 0.29) is 22.2 Å². The molecule has 2 atom stereocenters. The van der Waals surface area contributed by atoms with Gasteiger partial charge in [-0.3, -0.25) is 0 Å². The zero-order chi connectivity index (χ0) is 34.9. The first kappa shape index (κ1) is 36.5. The molecule has 2 unspecified atom stereocenters. The molecule has 3 N–H and O–H groups in total. The summed E-state index contributed by atoms with van der Waals surface area (Å²) in [4.78, 5) is 18.4. The molecule has 1 aliphatic heterocycles. The van der Waals surface area contributed by atoms with Crippen LogP contribution in [-0.2, 0) is 4.79 Å². The summed E-state index contributed by atoms with van der Waals surface area (Å²) in [6.45, 7) is 28.4.